The van der Waals surface area contributed by atoms with Crippen LogP contribution in [-0.2, 0) is 29.0 Å². The molecular formula is C22H27N3O2. The van der Waals surface area contributed by atoms with Crippen LogP contribution in [0, 0.1) is 0 Å². The van der Waals surface area contributed by atoms with Gasteiger partial charge in [-0.3, -0.25) is 14.5 Å². The Kier molecular flexibility index (Phi) is 6.60. The van der Waals surface area contributed by atoms with Gasteiger partial charge in [0, 0.05) is 33.1 Å². The first-order valence-electron chi connectivity index (χ1n) is 9.50. The van der Waals surface area contributed by atoms with Gasteiger partial charge in [-0.15, -0.1) is 0 Å². The van der Waals surface area contributed by atoms with Gasteiger partial charge in [0.15, 0.2) is 0 Å². The van der Waals surface area contributed by atoms with Gasteiger partial charge < -0.3 is 10.6 Å². The maximum absolute atomic E-state index is 12.3. The largest absolute Gasteiger partial charge is 0.358 e. The number of amides is 2. The second-order valence-electron chi connectivity index (χ2n) is 6.91. The molecule has 0 aromatic heterocycles. The first kappa shape index (κ1) is 19.1. The predicted octanol–water partition coefficient (Wildman–Crippen LogP) is 1.91. The number of rotatable bonds is 7. The van der Waals surface area contributed by atoms with Crippen LogP contribution in [-0.4, -0.2) is 42.9 Å². The van der Waals surface area contributed by atoms with Gasteiger partial charge in [0.1, 0.15) is 0 Å². The number of nitrogens with one attached hydrogen (secondary N) is 2. The van der Waals surface area contributed by atoms with E-state index in [-0.39, 0.29) is 17.9 Å². The minimum absolute atomic E-state index is 0.00832. The molecule has 1 aliphatic rings. The van der Waals surface area contributed by atoms with Crippen LogP contribution in [0.5, 0.6) is 0 Å². The molecule has 0 radical (unpaired) electrons. The van der Waals surface area contributed by atoms with Gasteiger partial charge in [0.05, 0.1) is 6.04 Å². The molecule has 2 amide bonds. The van der Waals surface area contributed by atoms with Crippen LogP contribution in [0.2, 0.25) is 0 Å². The van der Waals surface area contributed by atoms with E-state index >= 15 is 0 Å². The van der Waals surface area contributed by atoms with Gasteiger partial charge in [-0.1, -0.05) is 54.6 Å². The lowest BCUT2D eigenvalue weighted by molar-refractivity contribution is -0.128. The molecule has 1 aliphatic heterocycles. The summed E-state index contributed by atoms with van der Waals surface area (Å²) in [5, 5.41) is 5.74. The molecule has 0 aliphatic carbocycles. The zero-order valence-electron chi connectivity index (χ0n) is 15.8. The number of hydrogen-bond acceptors (Lipinski definition) is 3. The molecule has 1 heterocycles. The van der Waals surface area contributed by atoms with Gasteiger partial charge in [-0.25, -0.2) is 0 Å². The molecule has 0 saturated carbocycles. The van der Waals surface area contributed by atoms with Crippen LogP contribution in [0.15, 0.2) is 54.6 Å². The molecule has 5 heteroatoms. The average molecular weight is 365 g/mol. The fourth-order valence-electron chi connectivity index (χ4n) is 3.56. The van der Waals surface area contributed by atoms with Gasteiger partial charge in [0.2, 0.25) is 11.8 Å². The molecule has 2 aromatic rings. The molecule has 0 bridgehead atoms. The minimum atomic E-state index is -0.220. The zero-order valence-corrected chi connectivity index (χ0v) is 15.8. The summed E-state index contributed by atoms with van der Waals surface area (Å²) in [7, 11) is 1.66. The maximum Gasteiger partial charge on any atom is 0.237 e. The van der Waals surface area contributed by atoms with Crippen LogP contribution in [0.3, 0.4) is 0 Å². The summed E-state index contributed by atoms with van der Waals surface area (Å²) in [5.74, 6) is 0.0365. The number of fused-ring (bicyclic) bond motifs is 1. The topological polar surface area (TPSA) is 61.4 Å². The quantitative estimate of drug-likeness (QED) is 0.788. The molecule has 27 heavy (non-hydrogen) atoms. The molecule has 0 fully saturated rings. The van der Waals surface area contributed by atoms with Gasteiger partial charge in [-0.2, -0.15) is 0 Å². The van der Waals surface area contributed by atoms with Gasteiger partial charge in [-0.05, 0) is 29.5 Å². The molecule has 1 atom stereocenters. The Bertz CT molecular complexity index is 776. The molecular weight excluding hydrogens is 338 g/mol. The summed E-state index contributed by atoms with van der Waals surface area (Å²) >= 11 is 0. The molecule has 0 unspecified atom stereocenters. The predicted molar refractivity (Wildman–Crippen MR) is 106 cm³/mol. The highest BCUT2D eigenvalue weighted by Crippen LogP contribution is 2.23. The van der Waals surface area contributed by atoms with Crippen molar-refractivity contribution in [2.45, 2.75) is 31.8 Å². The van der Waals surface area contributed by atoms with E-state index in [0.29, 0.717) is 32.5 Å². The van der Waals surface area contributed by atoms with Crippen molar-refractivity contribution in [3.63, 3.8) is 0 Å². The fraction of sp³-hybridized carbons (Fsp3) is 0.364. The van der Waals surface area contributed by atoms with Crippen LogP contribution < -0.4 is 10.6 Å². The molecule has 0 saturated heterocycles. The third-order valence-electron chi connectivity index (χ3n) is 5.10. The third-order valence-corrected chi connectivity index (χ3v) is 5.10. The number of likely N-dealkylation sites (N-methyl/N-ethyl adjacent to an activating group) is 1. The second kappa shape index (κ2) is 9.33. The minimum Gasteiger partial charge on any atom is -0.358 e. The summed E-state index contributed by atoms with van der Waals surface area (Å²) in [6.07, 6.45) is 1.90. The molecule has 142 valence electrons. The lowest BCUT2D eigenvalue weighted by Crippen LogP contribution is -2.50. The summed E-state index contributed by atoms with van der Waals surface area (Å²) in [4.78, 5) is 26.6. The van der Waals surface area contributed by atoms with Crippen molar-refractivity contribution in [2.24, 2.45) is 0 Å². The Balaban J connectivity index is 1.52. The Hall–Kier alpha value is -2.66. The standard InChI is InChI=1S/C22H27N3O2/c1-23-22(27)20-15-18-9-5-6-10-19(18)16-25(20)14-12-21(26)24-13-11-17-7-3-2-4-8-17/h2-10,20H,11-16H2,1H3,(H,23,27)(H,24,26)/t20-/m0/s1. The van der Waals surface area contributed by atoms with E-state index in [9.17, 15) is 9.59 Å². The normalized spacial score (nSPS) is 16.4. The van der Waals surface area contributed by atoms with E-state index in [0.717, 1.165) is 6.42 Å². The van der Waals surface area contributed by atoms with E-state index in [1.807, 2.05) is 30.3 Å². The fourth-order valence-corrected chi connectivity index (χ4v) is 3.56. The van der Waals surface area contributed by atoms with E-state index in [2.05, 4.69) is 39.8 Å². The van der Waals surface area contributed by atoms with E-state index in [1.165, 1.54) is 16.7 Å². The van der Waals surface area contributed by atoms with E-state index < -0.39 is 0 Å². The van der Waals surface area contributed by atoms with Crippen molar-refractivity contribution >= 4 is 11.8 Å². The Morgan fingerprint density at radius 3 is 2.48 bits per heavy atom. The van der Waals surface area contributed by atoms with Crippen molar-refractivity contribution in [2.75, 3.05) is 20.1 Å². The van der Waals surface area contributed by atoms with Crippen molar-refractivity contribution in [1.82, 2.24) is 15.5 Å². The molecule has 5 nitrogen and oxygen atoms in total. The lowest BCUT2D eigenvalue weighted by Gasteiger charge is -2.35. The highest BCUT2D eigenvalue weighted by Gasteiger charge is 2.30. The monoisotopic (exact) mass is 365 g/mol. The molecule has 2 N–H and O–H groups in total. The highest BCUT2D eigenvalue weighted by atomic mass is 16.2. The van der Waals surface area contributed by atoms with Crippen LogP contribution in [0.25, 0.3) is 0 Å². The van der Waals surface area contributed by atoms with Crippen molar-refractivity contribution in [3.05, 3.63) is 71.3 Å². The van der Waals surface area contributed by atoms with E-state index in [4.69, 9.17) is 0 Å². The van der Waals surface area contributed by atoms with Gasteiger partial charge >= 0.3 is 0 Å². The highest BCUT2D eigenvalue weighted by molar-refractivity contribution is 5.82. The third kappa shape index (κ3) is 5.17. The summed E-state index contributed by atoms with van der Waals surface area (Å²) < 4.78 is 0. The van der Waals surface area contributed by atoms with Crippen LogP contribution in [0.4, 0.5) is 0 Å². The van der Waals surface area contributed by atoms with Crippen molar-refractivity contribution < 1.29 is 9.59 Å². The summed E-state index contributed by atoms with van der Waals surface area (Å²) in [6.45, 7) is 1.90. The maximum atomic E-state index is 12.3. The van der Waals surface area contributed by atoms with Crippen molar-refractivity contribution in [3.8, 4) is 0 Å². The van der Waals surface area contributed by atoms with Gasteiger partial charge in [0.25, 0.3) is 0 Å². The summed E-state index contributed by atoms with van der Waals surface area (Å²) in [6, 6.07) is 18.1. The molecule has 3 rings (SSSR count). The first-order valence-corrected chi connectivity index (χ1v) is 9.50. The Morgan fingerprint density at radius 2 is 1.74 bits per heavy atom. The number of benzene rings is 2. The zero-order chi connectivity index (χ0) is 19.1. The Labute approximate surface area is 160 Å². The lowest BCUT2D eigenvalue weighted by atomic mass is 9.93. The number of carbonyl (C=O) groups excluding carboxylic acids is 2. The second-order valence-corrected chi connectivity index (χ2v) is 6.91. The van der Waals surface area contributed by atoms with Crippen LogP contribution >= 0.6 is 0 Å². The number of nitrogens with zero attached hydrogens (tertiary/aromatic N) is 1. The summed E-state index contributed by atoms with van der Waals surface area (Å²) in [5.41, 5.74) is 3.67. The van der Waals surface area contributed by atoms with E-state index in [1.54, 1.807) is 7.05 Å². The van der Waals surface area contributed by atoms with Crippen LogP contribution in [0.1, 0.15) is 23.1 Å². The number of hydrogen-bond donors (Lipinski definition) is 2. The molecule has 2 aromatic carbocycles. The smallest absolute Gasteiger partial charge is 0.237 e. The number of carbonyl (C=O) groups is 2. The SMILES string of the molecule is CNC(=O)[C@@H]1Cc2ccccc2CN1CCC(=O)NCCc1ccccc1. The Morgan fingerprint density at radius 1 is 1.04 bits per heavy atom. The first-order chi connectivity index (χ1) is 13.2. The molecule has 0 spiro atoms. The van der Waals surface area contributed by atoms with Crippen molar-refractivity contribution in [1.29, 1.82) is 0 Å². The average Bonchev–Trinajstić information content (AvgIpc) is 2.71.